The highest BCUT2D eigenvalue weighted by atomic mass is 127. The van der Waals surface area contributed by atoms with E-state index in [2.05, 4.69) is 0 Å². The molecule has 0 aromatic rings. The average Bonchev–Trinajstić information content (AvgIpc) is 1.41. The molecule has 0 spiro atoms. The van der Waals surface area contributed by atoms with Crippen LogP contribution in [0.5, 0.6) is 0 Å². The molecule has 0 fully saturated rings. The Morgan fingerprint density at radius 2 is 2.40 bits per heavy atom. The van der Waals surface area contributed by atoms with Crippen molar-refractivity contribution >= 4 is 22.6 Å². The largest absolute Gasteiger partial charge is 0.392 e. The van der Waals surface area contributed by atoms with Gasteiger partial charge in [0.2, 0.25) is 0 Å². The molecule has 1 nitrogen and oxygen atoms in total. The molecule has 1 N–H and O–H groups in total. The summed E-state index contributed by atoms with van der Waals surface area (Å²) in [5.74, 6) is 0. The lowest BCUT2D eigenvalue weighted by Crippen LogP contribution is -1.64. The van der Waals surface area contributed by atoms with E-state index < -0.39 is 0 Å². The molecule has 0 radical (unpaired) electrons. The van der Waals surface area contributed by atoms with Gasteiger partial charge in [-0.1, -0.05) is 28.7 Å². The van der Waals surface area contributed by atoms with Crippen LogP contribution in [0.4, 0.5) is 0 Å². The molecule has 0 bridgehead atoms. The van der Waals surface area contributed by atoms with Gasteiger partial charge in [0.25, 0.3) is 0 Å². The summed E-state index contributed by atoms with van der Waals surface area (Å²) >= 11 is 2.05. The lowest BCUT2D eigenvalue weighted by molar-refractivity contribution is 0.343. The fourth-order valence-electron chi connectivity index (χ4n) is 0.0398. The average molecular weight is 184 g/mol. The first kappa shape index (κ1) is 5.43. The van der Waals surface area contributed by atoms with E-state index in [1.54, 1.807) is 10.2 Å². The molecule has 5 heavy (non-hydrogen) atoms. The van der Waals surface area contributed by atoms with Crippen molar-refractivity contribution in [2.24, 2.45) is 0 Å². The monoisotopic (exact) mass is 184 g/mol. The molecule has 0 rings (SSSR count). The zero-order valence-electron chi connectivity index (χ0n) is 2.69. The summed E-state index contributed by atoms with van der Waals surface area (Å²) in [6.45, 7) is 0.156. The van der Waals surface area contributed by atoms with E-state index in [1.165, 1.54) is 0 Å². The SMILES string of the molecule is OCC=CI. The lowest BCUT2D eigenvalue weighted by atomic mass is 10.7. The minimum Gasteiger partial charge on any atom is -0.392 e. The van der Waals surface area contributed by atoms with E-state index in [1.807, 2.05) is 22.6 Å². The summed E-state index contributed by atoms with van der Waals surface area (Å²) in [6.07, 6.45) is 1.67. The van der Waals surface area contributed by atoms with Crippen molar-refractivity contribution in [1.82, 2.24) is 0 Å². The van der Waals surface area contributed by atoms with Crippen LogP contribution in [-0.2, 0) is 0 Å². The standard InChI is InChI=1S/C3H5IO/c4-2-1-3-5/h1-2,5H,3H2. The third-order valence-electron chi connectivity index (χ3n) is 0.194. The van der Waals surface area contributed by atoms with Crippen LogP contribution in [0.25, 0.3) is 0 Å². The predicted molar refractivity (Wildman–Crippen MR) is 30.2 cm³/mol. The number of halogens is 1. The fraction of sp³-hybridized carbons (Fsp3) is 0.333. The predicted octanol–water partition coefficient (Wildman–Crippen LogP) is 0.927. The van der Waals surface area contributed by atoms with Crippen molar-refractivity contribution in [2.45, 2.75) is 0 Å². The van der Waals surface area contributed by atoms with Gasteiger partial charge in [-0.3, -0.25) is 0 Å². The molecule has 0 saturated carbocycles. The fourth-order valence-corrected chi connectivity index (χ4v) is 0.267. The van der Waals surface area contributed by atoms with Gasteiger partial charge in [0.1, 0.15) is 0 Å². The van der Waals surface area contributed by atoms with E-state index in [4.69, 9.17) is 5.11 Å². The maximum atomic E-state index is 7.97. The second-order valence-electron chi connectivity index (χ2n) is 0.544. The number of hydrogen-bond acceptors (Lipinski definition) is 1. The first-order valence-corrected chi connectivity index (χ1v) is 2.52. The molecular weight excluding hydrogens is 179 g/mol. The van der Waals surface area contributed by atoms with Crippen molar-refractivity contribution in [3.63, 3.8) is 0 Å². The minimum absolute atomic E-state index is 0.156. The Morgan fingerprint density at radius 1 is 1.80 bits per heavy atom. The number of rotatable bonds is 1. The van der Waals surface area contributed by atoms with Crippen molar-refractivity contribution < 1.29 is 5.11 Å². The van der Waals surface area contributed by atoms with Gasteiger partial charge in [-0.05, 0) is 4.08 Å². The Kier molecular flexibility index (Phi) is 4.81. The molecule has 30 valence electrons. The highest BCUT2D eigenvalue weighted by Gasteiger charge is 1.54. The van der Waals surface area contributed by atoms with Gasteiger partial charge in [-0.25, -0.2) is 0 Å². The third-order valence-corrected chi connectivity index (χ3v) is 0.703. The maximum Gasteiger partial charge on any atom is 0.0619 e. The van der Waals surface area contributed by atoms with Gasteiger partial charge in [0.05, 0.1) is 6.61 Å². The van der Waals surface area contributed by atoms with E-state index in [-0.39, 0.29) is 6.61 Å². The highest BCUT2D eigenvalue weighted by molar-refractivity contribution is 14.1. The van der Waals surface area contributed by atoms with Crippen LogP contribution in [-0.4, -0.2) is 11.7 Å². The summed E-state index contributed by atoms with van der Waals surface area (Å²) < 4.78 is 1.78. The van der Waals surface area contributed by atoms with Crippen molar-refractivity contribution in [2.75, 3.05) is 6.61 Å². The normalized spacial score (nSPS) is 10.0. The van der Waals surface area contributed by atoms with E-state index >= 15 is 0 Å². The van der Waals surface area contributed by atoms with Crippen molar-refractivity contribution in [3.8, 4) is 0 Å². The van der Waals surface area contributed by atoms with Crippen molar-refractivity contribution in [1.29, 1.82) is 0 Å². The highest BCUT2D eigenvalue weighted by Crippen LogP contribution is 1.79. The van der Waals surface area contributed by atoms with E-state index in [9.17, 15) is 0 Å². The minimum atomic E-state index is 0.156. The van der Waals surface area contributed by atoms with Crippen LogP contribution < -0.4 is 0 Å². The van der Waals surface area contributed by atoms with Crippen LogP contribution in [0.15, 0.2) is 10.2 Å². The van der Waals surface area contributed by atoms with E-state index in [0.29, 0.717) is 0 Å². The number of hydrogen-bond donors (Lipinski definition) is 1. The number of aliphatic hydroxyl groups is 1. The molecule has 0 heterocycles. The molecule has 0 amide bonds. The van der Waals surface area contributed by atoms with Gasteiger partial charge >= 0.3 is 0 Å². The molecule has 0 unspecified atom stereocenters. The van der Waals surface area contributed by atoms with Crippen LogP contribution in [0.3, 0.4) is 0 Å². The molecule has 0 aromatic heterocycles. The van der Waals surface area contributed by atoms with Crippen LogP contribution in [0.1, 0.15) is 0 Å². The van der Waals surface area contributed by atoms with Crippen LogP contribution in [0, 0.1) is 0 Å². The quantitative estimate of drug-likeness (QED) is 0.601. The van der Waals surface area contributed by atoms with Gasteiger partial charge in [0.15, 0.2) is 0 Å². The van der Waals surface area contributed by atoms with Gasteiger partial charge < -0.3 is 5.11 Å². The zero-order valence-corrected chi connectivity index (χ0v) is 4.84. The van der Waals surface area contributed by atoms with Crippen LogP contribution in [0.2, 0.25) is 0 Å². The molecule has 0 aromatic carbocycles. The summed E-state index contributed by atoms with van der Waals surface area (Å²) in [5.41, 5.74) is 0. The second-order valence-corrected chi connectivity index (χ2v) is 1.26. The summed E-state index contributed by atoms with van der Waals surface area (Å²) in [7, 11) is 0. The summed E-state index contributed by atoms with van der Waals surface area (Å²) in [6, 6.07) is 0. The Hall–Kier alpha value is 0.430. The van der Waals surface area contributed by atoms with Crippen molar-refractivity contribution in [3.05, 3.63) is 10.2 Å². The Labute approximate surface area is 44.8 Å². The topological polar surface area (TPSA) is 20.2 Å². The molecule has 0 aliphatic rings. The lowest BCUT2D eigenvalue weighted by Gasteiger charge is -1.65. The van der Waals surface area contributed by atoms with Gasteiger partial charge in [-0.2, -0.15) is 0 Å². The first-order valence-electron chi connectivity index (χ1n) is 1.28. The second kappa shape index (κ2) is 4.43. The Bertz CT molecular complexity index is 33.9. The van der Waals surface area contributed by atoms with Crippen LogP contribution >= 0.6 is 22.6 Å². The number of aliphatic hydroxyl groups excluding tert-OH is 1. The van der Waals surface area contributed by atoms with Gasteiger partial charge in [-0.15, -0.1) is 0 Å². The molecule has 2 heteroatoms. The smallest absolute Gasteiger partial charge is 0.0619 e. The molecule has 0 atom stereocenters. The Balaban J connectivity index is 2.62. The maximum absolute atomic E-state index is 7.97. The molecular formula is C3H5IO. The molecule has 0 saturated heterocycles. The summed E-state index contributed by atoms with van der Waals surface area (Å²) in [4.78, 5) is 0. The molecule has 0 aliphatic carbocycles. The zero-order chi connectivity index (χ0) is 4.12. The van der Waals surface area contributed by atoms with E-state index in [0.717, 1.165) is 0 Å². The third kappa shape index (κ3) is 4.43. The summed E-state index contributed by atoms with van der Waals surface area (Å²) in [5, 5.41) is 7.97. The molecule has 0 aliphatic heterocycles. The van der Waals surface area contributed by atoms with Gasteiger partial charge in [0, 0.05) is 0 Å². The Morgan fingerprint density at radius 3 is 2.40 bits per heavy atom. The first-order chi connectivity index (χ1) is 2.41.